The first kappa shape index (κ1) is 17.2. The Morgan fingerprint density at radius 3 is 2.52 bits per heavy atom. The molecule has 0 heterocycles. The first-order valence-corrected chi connectivity index (χ1v) is 7.51. The summed E-state index contributed by atoms with van der Waals surface area (Å²) in [4.78, 5) is 25.1. The molecule has 1 aliphatic rings. The Morgan fingerprint density at radius 2 is 2.00 bits per heavy atom. The Bertz CT molecular complexity index is 558. The van der Waals surface area contributed by atoms with Crippen molar-refractivity contribution < 1.29 is 23.8 Å². The van der Waals surface area contributed by atoms with E-state index in [0.717, 1.165) is 5.56 Å². The van der Waals surface area contributed by atoms with E-state index in [-0.39, 0.29) is 12.4 Å². The average Bonchev–Trinajstić information content (AvgIpc) is 3.29. The summed E-state index contributed by atoms with van der Waals surface area (Å²) in [7, 11) is 1.58. The molecule has 1 aliphatic carbocycles. The molecule has 0 atom stereocenters. The Kier molecular flexibility index (Phi) is 5.54. The van der Waals surface area contributed by atoms with E-state index < -0.39 is 17.5 Å². The van der Waals surface area contributed by atoms with E-state index in [1.165, 1.54) is 17.0 Å². The van der Waals surface area contributed by atoms with Crippen molar-refractivity contribution in [1.29, 1.82) is 0 Å². The summed E-state index contributed by atoms with van der Waals surface area (Å²) in [5.41, 5.74) is -0.349. The molecule has 0 unspecified atom stereocenters. The molecular formula is C16H21FN2O4. The normalized spacial score (nSPS) is 15.0. The Morgan fingerprint density at radius 1 is 1.35 bits per heavy atom. The Balaban J connectivity index is 2.02. The third-order valence-corrected chi connectivity index (χ3v) is 3.86. The zero-order chi connectivity index (χ0) is 16.9. The van der Waals surface area contributed by atoms with Crippen LogP contribution in [-0.2, 0) is 16.1 Å². The lowest BCUT2D eigenvalue weighted by Gasteiger charge is -2.25. The van der Waals surface area contributed by atoms with Gasteiger partial charge < -0.3 is 20.1 Å². The van der Waals surface area contributed by atoms with Gasteiger partial charge in [0.25, 0.3) is 0 Å². The van der Waals surface area contributed by atoms with Crippen LogP contribution in [0.3, 0.4) is 0 Å². The van der Waals surface area contributed by atoms with E-state index in [1.54, 1.807) is 19.2 Å². The highest BCUT2D eigenvalue weighted by atomic mass is 19.1. The quantitative estimate of drug-likeness (QED) is 0.717. The highest BCUT2D eigenvalue weighted by Gasteiger charge is 2.52. The molecule has 126 valence electrons. The van der Waals surface area contributed by atoms with E-state index in [0.29, 0.717) is 32.4 Å². The number of aliphatic carboxylic acids is 1. The summed E-state index contributed by atoms with van der Waals surface area (Å²) in [5.74, 6) is -1.35. The molecule has 1 aromatic rings. The molecule has 7 heteroatoms. The first-order chi connectivity index (χ1) is 11.0. The van der Waals surface area contributed by atoms with Gasteiger partial charge in [0.1, 0.15) is 11.4 Å². The van der Waals surface area contributed by atoms with E-state index >= 15 is 0 Å². The molecule has 2 rings (SSSR count). The molecule has 2 amide bonds. The number of benzene rings is 1. The van der Waals surface area contributed by atoms with Crippen molar-refractivity contribution in [1.82, 2.24) is 10.2 Å². The topological polar surface area (TPSA) is 78.9 Å². The number of carbonyl (C=O) groups is 2. The van der Waals surface area contributed by atoms with Crippen LogP contribution in [0.5, 0.6) is 0 Å². The molecule has 0 spiro atoms. The van der Waals surface area contributed by atoms with Crippen LogP contribution in [0.2, 0.25) is 0 Å². The summed E-state index contributed by atoms with van der Waals surface area (Å²) in [6.45, 7) is 1.20. The lowest BCUT2D eigenvalue weighted by molar-refractivity contribution is -0.140. The third-order valence-electron chi connectivity index (χ3n) is 3.86. The maximum Gasteiger partial charge on any atom is 0.329 e. The van der Waals surface area contributed by atoms with Crippen molar-refractivity contribution in [2.75, 3.05) is 20.3 Å². The fraction of sp³-hybridized carbons (Fsp3) is 0.500. The minimum atomic E-state index is -1.13. The monoisotopic (exact) mass is 324 g/mol. The van der Waals surface area contributed by atoms with Crippen LogP contribution in [0.4, 0.5) is 9.18 Å². The number of carbonyl (C=O) groups excluding carboxylic acids is 1. The van der Waals surface area contributed by atoms with Gasteiger partial charge in [-0.2, -0.15) is 0 Å². The minimum absolute atomic E-state index is 0.283. The highest BCUT2D eigenvalue weighted by Crippen LogP contribution is 2.35. The number of carboxylic acid groups (broad SMARTS) is 1. The number of carboxylic acids is 1. The van der Waals surface area contributed by atoms with Gasteiger partial charge in [0.2, 0.25) is 0 Å². The molecule has 1 saturated carbocycles. The predicted molar refractivity (Wildman–Crippen MR) is 81.4 cm³/mol. The van der Waals surface area contributed by atoms with Crippen LogP contribution in [0.1, 0.15) is 24.8 Å². The molecule has 23 heavy (non-hydrogen) atoms. The summed E-state index contributed by atoms with van der Waals surface area (Å²) < 4.78 is 18.0. The largest absolute Gasteiger partial charge is 0.480 e. The maximum absolute atomic E-state index is 13.0. The summed E-state index contributed by atoms with van der Waals surface area (Å²) in [6.07, 6.45) is 1.51. The molecule has 0 bridgehead atoms. The molecule has 2 N–H and O–H groups in total. The van der Waals surface area contributed by atoms with Gasteiger partial charge in [0.05, 0.1) is 0 Å². The van der Waals surface area contributed by atoms with Crippen LogP contribution in [0.25, 0.3) is 0 Å². The summed E-state index contributed by atoms with van der Waals surface area (Å²) in [6, 6.07) is 5.46. The molecular weight excluding hydrogens is 303 g/mol. The van der Waals surface area contributed by atoms with Crippen LogP contribution < -0.4 is 5.32 Å². The summed E-state index contributed by atoms with van der Waals surface area (Å²) >= 11 is 0. The lowest BCUT2D eigenvalue weighted by Crippen LogP contribution is -2.49. The second kappa shape index (κ2) is 7.41. The molecule has 6 nitrogen and oxygen atoms in total. The number of nitrogens with one attached hydrogen (secondary N) is 1. The second-order valence-corrected chi connectivity index (χ2v) is 5.71. The number of halogens is 1. The van der Waals surface area contributed by atoms with Crippen molar-refractivity contribution in [3.05, 3.63) is 35.6 Å². The maximum atomic E-state index is 13.0. The number of rotatable bonds is 8. The van der Waals surface area contributed by atoms with Crippen molar-refractivity contribution in [2.45, 2.75) is 31.3 Å². The fourth-order valence-corrected chi connectivity index (χ4v) is 2.26. The van der Waals surface area contributed by atoms with Gasteiger partial charge in [-0.05, 0) is 37.0 Å². The van der Waals surface area contributed by atoms with Crippen molar-refractivity contribution in [3.63, 3.8) is 0 Å². The summed E-state index contributed by atoms with van der Waals surface area (Å²) in [5, 5.41) is 11.8. The van der Waals surface area contributed by atoms with Crippen molar-refractivity contribution in [3.8, 4) is 0 Å². The fourth-order valence-electron chi connectivity index (χ4n) is 2.26. The van der Waals surface area contributed by atoms with Crippen LogP contribution in [-0.4, -0.2) is 47.8 Å². The number of urea groups is 1. The number of hydrogen-bond donors (Lipinski definition) is 2. The van der Waals surface area contributed by atoms with Gasteiger partial charge >= 0.3 is 12.0 Å². The molecule has 0 aromatic heterocycles. The van der Waals surface area contributed by atoms with Gasteiger partial charge in [0.15, 0.2) is 0 Å². The molecule has 1 fully saturated rings. The smallest absolute Gasteiger partial charge is 0.329 e. The average molecular weight is 324 g/mol. The Labute approximate surface area is 134 Å². The third kappa shape index (κ3) is 4.66. The number of nitrogens with zero attached hydrogens (tertiary/aromatic N) is 1. The van der Waals surface area contributed by atoms with E-state index in [4.69, 9.17) is 4.74 Å². The zero-order valence-electron chi connectivity index (χ0n) is 13.0. The second-order valence-electron chi connectivity index (χ2n) is 5.71. The van der Waals surface area contributed by atoms with Gasteiger partial charge in [0, 0.05) is 26.8 Å². The van der Waals surface area contributed by atoms with E-state index in [2.05, 4.69) is 5.32 Å². The standard InChI is InChI=1S/C16H21FN2O4/c1-23-10-2-9-19(11-12-3-5-13(17)6-4-12)15(22)18-16(7-8-16)14(20)21/h3-6H,2,7-11H2,1H3,(H,18,22)(H,20,21). The van der Waals surface area contributed by atoms with Crippen LogP contribution >= 0.6 is 0 Å². The van der Waals surface area contributed by atoms with Crippen molar-refractivity contribution in [2.24, 2.45) is 0 Å². The lowest BCUT2D eigenvalue weighted by atomic mass is 10.2. The number of amides is 2. The van der Waals surface area contributed by atoms with Crippen molar-refractivity contribution >= 4 is 12.0 Å². The number of ether oxygens (including phenoxy) is 1. The van der Waals surface area contributed by atoms with Gasteiger partial charge in [-0.1, -0.05) is 12.1 Å². The molecule has 1 aromatic carbocycles. The van der Waals surface area contributed by atoms with E-state index in [1.807, 2.05) is 0 Å². The highest BCUT2D eigenvalue weighted by molar-refractivity contribution is 5.88. The molecule has 0 aliphatic heterocycles. The first-order valence-electron chi connectivity index (χ1n) is 7.51. The Hall–Kier alpha value is -2.15. The SMILES string of the molecule is COCCCN(Cc1ccc(F)cc1)C(=O)NC1(C(=O)O)CC1. The van der Waals surface area contributed by atoms with Gasteiger partial charge in [-0.3, -0.25) is 0 Å². The minimum Gasteiger partial charge on any atom is -0.480 e. The van der Waals surface area contributed by atoms with Gasteiger partial charge in [-0.15, -0.1) is 0 Å². The van der Waals surface area contributed by atoms with Crippen LogP contribution in [0, 0.1) is 5.82 Å². The zero-order valence-corrected chi connectivity index (χ0v) is 13.0. The number of hydrogen-bond acceptors (Lipinski definition) is 3. The van der Waals surface area contributed by atoms with Crippen LogP contribution in [0.15, 0.2) is 24.3 Å². The van der Waals surface area contributed by atoms with E-state index in [9.17, 15) is 19.1 Å². The predicted octanol–water partition coefficient (Wildman–Crippen LogP) is 1.99. The molecule has 0 saturated heterocycles. The number of methoxy groups -OCH3 is 1. The van der Waals surface area contributed by atoms with Gasteiger partial charge in [-0.25, -0.2) is 14.0 Å². The molecule has 0 radical (unpaired) electrons.